The van der Waals surface area contributed by atoms with Gasteiger partial charge in [0.1, 0.15) is 12.2 Å². The van der Waals surface area contributed by atoms with Gasteiger partial charge in [-0.05, 0) is 20.3 Å². The van der Waals surface area contributed by atoms with Crippen LogP contribution in [0, 0.1) is 0 Å². The van der Waals surface area contributed by atoms with Gasteiger partial charge in [0, 0.05) is 5.57 Å². The number of rotatable bonds is 4. The Kier molecular flexibility index (Phi) is 6.01. The molecule has 5 nitrogen and oxygen atoms in total. The molecule has 0 saturated heterocycles. The second-order valence-electron chi connectivity index (χ2n) is 2.87. The second-order valence-corrected chi connectivity index (χ2v) is 2.87. The first-order chi connectivity index (χ1) is 7.01. The van der Waals surface area contributed by atoms with E-state index < -0.39 is 18.4 Å². The van der Waals surface area contributed by atoms with Gasteiger partial charge in [0.05, 0.1) is 0 Å². The molecule has 0 spiro atoms. The second kappa shape index (κ2) is 6.75. The molecule has 0 amide bonds. The molecule has 0 aliphatic rings. The molecule has 0 aliphatic carbocycles. The Bertz CT molecular complexity index is 290. The highest BCUT2D eigenvalue weighted by molar-refractivity contribution is 5.94. The van der Waals surface area contributed by atoms with Gasteiger partial charge in [0.2, 0.25) is 0 Å². The van der Waals surface area contributed by atoms with E-state index >= 15 is 0 Å². The molecule has 0 rings (SSSR count). The van der Waals surface area contributed by atoms with Crippen molar-refractivity contribution in [1.82, 2.24) is 0 Å². The van der Waals surface area contributed by atoms with Crippen LogP contribution in [0.25, 0.3) is 0 Å². The van der Waals surface area contributed by atoms with Crippen LogP contribution in [0.2, 0.25) is 0 Å². The van der Waals surface area contributed by atoms with Gasteiger partial charge in [-0.3, -0.25) is 4.79 Å². The minimum Gasteiger partial charge on any atom is -0.299 e. The van der Waals surface area contributed by atoms with Gasteiger partial charge < -0.3 is 0 Å². The fraction of sp³-hybridized carbons (Fsp3) is 0.500. The lowest BCUT2D eigenvalue weighted by molar-refractivity contribution is -0.255. The molecule has 84 valence electrons. The fourth-order valence-electron chi connectivity index (χ4n) is 0.837. The largest absolute Gasteiger partial charge is 0.381 e. The molecular formula is C10H14O5. The molecular weight excluding hydrogens is 200 g/mol. The van der Waals surface area contributed by atoms with Crippen LogP contribution in [0.4, 0.5) is 0 Å². The summed E-state index contributed by atoms with van der Waals surface area (Å²) in [7, 11) is 0. The maximum Gasteiger partial charge on any atom is 0.381 e. The standard InChI is InChI=1S/C10H14O5/c1-4-8(5-2)10(13)15-14-9(12)6-7(3)11/h4H,5-6H2,1-3H3. The molecule has 5 heteroatoms. The van der Waals surface area contributed by atoms with Crippen molar-refractivity contribution in [3.8, 4) is 0 Å². The zero-order valence-electron chi connectivity index (χ0n) is 9.03. The number of ketones is 1. The highest BCUT2D eigenvalue weighted by Crippen LogP contribution is 2.03. The van der Waals surface area contributed by atoms with E-state index in [1.807, 2.05) is 0 Å². The minimum absolute atomic E-state index is 0.349. The van der Waals surface area contributed by atoms with E-state index in [0.29, 0.717) is 12.0 Å². The van der Waals surface area contributed by atoms with Crippen molar-refractivity contribution in [3.63, 3.8) is 0 Å². The average molecular weight is 214 g/mol. The molecule has 0 atom stereocenters. The van der Waals surface area contributed by atoms with Gasteiger partial charge in [-0.1, -0.05) is 13.0 Å². The zero-order chi connectivity index (χ0) is 11.8. The van der Waals surface area contributed by atoms with E-state index in [2.05, 4.69) is 9.78 Å². The predicted molar refractivity (Wildman–Crippen MR) is 51.5 cm³/mol. The monoisotopic (exact) mass is 214 g/mol. The Morgan fingerprint density at radius 2 is 1.80 bits per heavy atom. The van der Waals surface area contributed by atoms with Crippen molar-refractivity contribution in [3.05, 3.63) is 11.6 Å². The fourth-order valence-corrected chi connectivity index (χ4v) is 0.837. The molecule has 0 fully saturated rings. The average Bonchev–Trinajstić information content (AvgIpc) is 2.15. The number of hydrogen-bond donors (Lipinski definition) is 0. The summed E-state index contributed by atoms with van der Waals surface area (Å²) in [5.41, 5.74) is 0.408. The summed E-state index contributed by atoms with van der Waals surface area (Å²) in [6.07, 6.45) is 1.66. The zero-order valence-corrected chi connectivity index (χ0v) is 9.03. The number of allylic oxidation sites excluding steroid dienone is 1. The van der Waals surface area contributed by atoms with Crippen LogP contribution in [0.1, 0.15) is 33.6 Å². The molecule has 0 aromatic heterocycles. The summed E-state index contributed by atoms with van der Waals surface area (Å²) in [4.78, 5) is 40.8. The smallest absolute Gasteiger partial charge is 0.299 e. The molecule has 0 bridgehead atoms. The molecule has 0 aliphatic heterocycles. The van der Waals surface area contributed by atoms with Crippen molar-refractivity contribution >= 4 is 17.7 Å². The molecule has 15 heavy (non-hydrogen) atoms. The van der Waals surface area contributed by atoms with Crippen LogP contribution < -0.4 is 0 Å². The van der Waals surface area contributed by atoms with E-state index in [0.717, 1.165) is 0 Å². The Morgan fingerprint density at radius 1 is 1.20 bits per heavy atom. The Hall–Kier alpha value is -1.65. The molecule has 0 radical (unpaired) electrons. The molecule has 0 N–H and O–H groups in total. The van der Waals surface area contributed by atoms with E-state index in [1.54, 1.807) is 19.9 Å². The molecule has 0 aromatic carbocycles. The topological polar surface area (TPSA) is 69.7 Å². The molecule has 0 aromatic rings. The Balaban J connectivity index is 4.01. The summed E-state index contributed by atoms with van der Waals surface area (Å²) >= 11 is 0. The van der Waals surface area contributed by atoms with Crippen LogP contribution in [-0.4, -0.2) is 17.7 Å². The highest BCUT2D eigenvalue weighted by Gasteiger charge is 2.13. The van der Waals surface area contributed by atoms with Gasteiger partial charge in [-0.2, -0.15) is 0 Å². The highest BCUT2D eigenvalue weighted by atomic mass is 17.2. The van der Waals surface area contributed by atoms with E-state index in [-0.39, 0.29) is 5.78 Å². The van der Waals surface area contributed by atoms with Crippen LogP contribution in [0.3, 0.4) is 0 Å². The lowest BCUT2D eigenvalue weighted by atomic mass is 10.2. The number of carbonyl (C=O) groups is 3. The van der Waals surface area contributed by atoms with Gasteiger partial charge in [0.25, 0.3) is 0 Å². The first-order valence-corrected chi connectivity index (χ1v) is 4.57. The van der Waals surface area contributed by atoms with Crippen molar-refractivity contribution in [2.24, 2.45) is 0 Å². The quantitative estimate of drug-likeness (QED) is 0.305. The molecule has 0 heterocycles. The van der Waals surface area contributed by atoms with E-state index in [4.69, 9.17) is 0 Å². The molecule has 0 unspecified atom stereocenters. The van der Waals surface area contributed by atoms with Crippen molar-refractivity contribution in [2.45, 2.75) is 33.6 Å². The van der Waals surface area contributed by atoms with Crippen molar-refractivity contribution in [1.29, 1.82) is 0 Å². The van der Waals surface area contributed by atoms with Crippen LogP contribution in [0.5, 0.6) is 0 Å². The minimum atomic E-state index is -0.873. The summed E-state index contributed by atoms with van der Waals surface area (Å²) in [5.74, 6) is -1.93. The van der Waals surface area contributed by atoms with E-state index in [9.17, 15) is 14.4 Å². The third-order valence-electron chi connectivity index (χ3n) is 1.60. The normalized spacial score (nSPS) is 10.7. The third-order valence-corrected chi connectivity index (χ3v) is 1.60. The summed E-state index contributed by atoms with van der Waals surface area (Å²) in [6, 6.07) is 0. The summed E-state index contributed by atoms with van der Waals surface area (Å²) in [5, 5.41) is 0. The van der Waals surface area contributed by atoms with E-state index in [1.165, 1.54) is 6.92 Å². The predicted octanol–water partition coefficient (Wildman–Crippen LogP) is 1.32. The summed E-state index contributed by atoms with van der Waals surface area (Å²) < 4.78 is 0. The maximum atomic E-state index is 11.1. The first kappa shape index (κ1) is 13.4. The first-order valence-electron chi connectivity index (χ1n) is 4.57. The van der Waals surface area contributed by atoms with Gasteiger partial charge >= 0.3 is 11.9 Å². The summed E-state index contributed by atoms with van der Waals surface area (Å²) in [6.45, 7) is 4.69. The van der Waals surface area contributed by atoms with Crippen molar-refractivity contribution in [2.75, 3.05) is 0 Å². The SMILES string of the molecule is CC=C(CC)C(=O)OOC(=O)CC(C)=O. The number of Topliss-reactive ketones (excluding diaryl/α,β-unsaturated/α-hetero) is 1. The Morgan fingerprint density at radius 3 is 2.20 bits per heavy atom. The number of carbonyl (C=O) groups excluding carboxylic acids is 3. The van der Waals surface area contributed by atoms with Gasteiger partial charge in [0.15, 0.2) is 0 Å². The van der Waals surface area contributed by atoms with Crippen LogP contribution in [0.15, 0.2) is 11.6 Å². The number of hydrogen-bond acceptors (Lipinski definition) is 5. The van der Waals surface area contributed by atoms with Gasteiger partial charge in [-0.25, -0.2) is 19.4 Å². The molecule has 0 saturated carbocycles. The van der Waals surface area contributed by atoms with Gasteiger partial charge in [-0.15, -0.1) is 0 Å². The lowest BCUT2D eigenvalue weighted by Gasteiger charge is -2.03. The lowest BCUT2D eigenvalue weighted by Crippen LogP contribution is -2.14. The Labute approximate surface area is 88.0 Å². The van der Waals surface area contributed by atoms with Crippen molar-refractivity contribution < 1.29 is 24.2 Å². The van der Waals surface area contributed by atoms with Crippen LogP contribution >= 0.6 is 0 Å². The third kappa shape index (κ3) is 5.61. The van der Waals surface area contributed by atoms with Crippen LogP contribution in [-0.2, 0) is 24.2 Å². The maximum absolute atomic E-state index is 11.1.